The van der Waals surface area contributed by atoms with E-state index in [0.717, 1.165) is 53.1 Å². The maximum atomic E-state index is 12.1. The highest BCUT2D eigenvalue weighted by Crippen LogP contribution is 2.46. The number of nitriles is 1. The van der Waals surface area contributed by atoms with Gasteiger partial charge in [-0.1, -0.05) is 40.5 Å². The molecule has 1 N–H and O–H groups in total. The van der Waals surface area contributed by atoms with Gasteiger partial charge in [-0.05, 0) is 78.9 Å². The lowest BCUT2D eigenvalue weighted by Gasteiger charge is -2.39. The first-order chi connectivity index (χ1) is 23.1. The number of rotatable bonds is 13. The van der Waals surface area contributed by atoms with Crippen LogP contribution in [0.2, 0.25) is 18.1 Å². The third-order valence-electron chi connectivity index (χ3n) is 10.0. The van der Waals surface area contributed by atoms with Crippen molar-refractivity contribution in [3.63, 3.8) is 0 Å². The second kappa shape index (κ2) is 14.3. The maximum Gasteiger partial charge on any atom is 0.329 e. The highest BCUT2D eigenvalue weighted by Gasteiger charge is 2.44. The molecule has 49 heavy (non-hydrogen) atoms. The van der Waals surface area contributed by atoms with Gasteiger partial charge in [0.05, 0.1) is 28.3 Å². The monoisotopic (exact) mass is 676 g/mol. The van der Waals surface area contributed by atoms with Gasteiger partial charge >= 0.3 is 7.41 Å². The fraction of sp³-hybridized carbons (Fsp3) is 0.459. The zero-order chi connectivity index (χ0) is 35.6. The van der Waals surface area contributed by atoms with E-state index in [1.165, 1.54) is 31.2 Å². The molecule has 12 heteroatoms. The van der Waals surface area contributed by atoms with Gasteiger partial charge in [-0.3, -0.25) is 9.78 Å². The predicted octanol–water partition coefficient (Wildman–Crippen LogP) is 6.51. The number of fused-ring (bicyclic) bond motifs is 1. The van der Waals surface area contributed by atoms with Crippen molar-refractivity contribution in [1.29, 1.82) is 5.26 Å². The van der Waals surface area contributed by atoms with Gasteiger partial charge in [0.1, 0.15) is 12.3 Å². The van der Waals surface area contributed by atoms with E-state index in [2.05, 4.69) is 63.2 Å². The highest BCUT2D eigenvalue weighted by molar-refractivity contribution is 6.74. The second-order valence-corrected chi connectivity index (χ2v) is 20.0. The summed E-state index contributed by atoms with van der Waals surface area (Å²) < 4.78 is 6.73. The van der Waals surface area contributed by atoms with Crippen LogP contribution in [-0.2, 0) is 25.9 Å². The number of aromatic nitrogens is 3. The minimum absolute atomic E-state index is 0.0405. The van der Waals surface area contributed by atoms with Gasteiger partial charge in [0, 0.05) is 56.2 Å². The maximum absolute atomic E-state index is 12.1. The smallest absolute Gasteiger partial charge is 0.329 e. The first kappa shape index (κ1) is 36.0. The molecule has 5 rings (SSSR count). The summed E-state index contributed by atoms with van der Waals surface area (Å²) in [5, 5.41) is 13.7. The molecule has 0 unspecified atom stereocenters. The van der Waals surface area contributed by atoms with Gasteiger partial charge in [-0.15, -0.1) is 0 Å². The Morgan fingerprint density at radius 3 is 2.63 bits per heavy atom. The summed E-state index contributed by atoms with van der Waals surface area (Å²) in [5.74, 6) is 1.05. The van der Waals surface area contributed by atoms with Crippen molar-refractivity contribution in [3.8, 4) is 17.3 Å². The molecule has 0 spiro atoms. The molecule has 10 nitrogen and oxygen atoms in total. The fourth-order valence-electron chi connectivity index (χ4n) is 5.73. The van der Waals surface area contributed by atoms with Gasteiger partial charge in [0.15, 0.2) is 8.32 Å². The van der Waals surface area contributed by atoms with Crippen molar-refractivity contribution in [1.82, 2.24) is 19.9 Å². The second-order valence-electron chi connectivity index (χ2n) is 15.2. The number of nitrogens with zero attached hydrogens (tertiary/aromatic N) is 6. The summed E-state index contributed by atoms with van der Waals surface area (Å²) in [4.78, 5) is 41.5. The van der Waals surface area contributed by atoms with Crippen LogP contribution in [0.5, 0.6) is 0 Å². The lowest BCUT2D eigenvalue weighted by molar-refractivity contribution is -0.123. The van der Waals surface area contributed by atoms with Crippen LogP contribution in [0.1, 0.15) is 69.5 Å². The Balaban J connectivity index is 1.47. The molecule has 2 aromatic heterocycles. The summed E-state index contributed by atoms with van der Waals surface area (Å²) in [7, 11) is 2.86. The third kappa shape index (κ3) is 8.28. The van der Waals surface area contributed by atoms with Gasteiger partial charge < -0.3 is 24.2 Å². The van der Waals surface area contributed by atoms with E-state index in [9.17, 15) is 14.9 Å². The van der Waals surface area contributed by atoms with Crippen molar-refractivity contribution in [3.05, 3.63) is 65.1 Å². The molecular weight excluding hydrogens is 629 g/mol. The zero-order valence-corrected chi connectivity index (χ0v) is 31.0. The number of hydrogen-bond acceptors (Lipinski definition) is 9. The van der Waals surface area contributed by atoms with E-state index in [0.29, 0.717) is 36.1 Å². The number of pyridine rings is 1. The Kier molecular flexibility index (Phi) is 10.5. The Bertz CT molecular complexity index is 1800. The predicted molar refractivity (Wildman–Crippen MR) is 199 cm³/mol. The van der Waals surface area contributed by atoms with Crippen molar-refractivity contribution in [2.45, 2.75) is 76.9 Å². The number of amides is 1. The molecule has 1 amide bonds. The lowest BCUT2D eigenvalue weighted by Crippen LogP contribution is -2.46. The molecule has 1 aliphatic heterocycles. The van der Waals surface area contributed by atoms with E-state index >= 15 is 0 Å². The van der Waals surface area contributed by atoms with E-state index in [4.69, 9.17) is 14.4 Å². The summed E-state index contributed by atoms with van der Waals surface area (Å²) in [5.41, 5.74) is 5.57. The number of anilines is 3. The normalized spacial score (nSPS) is 17.5. The minimum Gasteiger partial charge on any atom is -0.416 e. The molecule has 0 bridgehead atoms. The molecule has 1 atom stereocenters. The molecule has 3 heterocycles. The van der Waals surface area contributed by atoms with Crippen molar-refractivity contribution >= 4 is 51.2 Å². The molecule has 1 aromatic carbocycles. The van der Waals surface area contributed by atoms with Crippen LogP contribution in [0.3, 0.4) is 0 Å². The van der Waals surface area contributed by atoms with Crippen LogP contribution >= 0.6 is 0 Å². The first-order valence-electron chi connectivity index (χ1n) is 16.9. The van der Waals surface area contributed by atoms with E-state index in [-0.39, 0.29) is 10.9 Å². The van der Waals surface area contributed by atoms with Crippen LogP contribution in [0.15, 0.2) is 42.6 Å². The highest BCUT2D eigenvalue weighted by atomic mass is 28.4. The average molecular weight is 677 g/mol. The van der Waals surface area contributed by atoms with E-state index in [1.54, 1.807) is 26.4 Å². The van der Waals surface area contributed by atoms with Gasteiger partial charge in [0.25, 0.3) is 0 Å². The molecule has 1 aliphatic carbocycles. The number of likely N-dealkylation sites (N-methyl/N-ethyl adjacent to an activating group) is 1. The average Bonchev–Trinajstić information content (AvgIpc) is 3.85. The number of aryl methyl sites for hydroxylation is 1. The first-order valence-corrected chi connectivity index (χ1v) is 19.8. The fourth-order valence-corrected chi connectivity index (χ4v) is 6.84. The van der Waals surface area contributed by atoms with Gasteiger partial charge in [0.2, 0.25) is 11.9 Å². The van der Waals surface area contributed by atoms with Crippen LogP contribution in [0, 0.1) is 17.2 Å². The largest absolute Gasteiger partial charge is 0.416 e. The lowest BCUT2D eigenvalue weighted by atomic mass is 9.83. The molecule has 0 saturated heterocycles. The van der Waals surface area contributed by atoms with Gasteiger partial charge in [-0.2, -0.15) is 5.26 Å². The Morgan fingerprint density at radius 2 is 1.98 bits per heavy atom. The molecular formula is C37H47BN7O3Si. The van der Waals surface area contributed by atoms with Crippen molar-refractivity contribution in [2.75, 3.05) is 37.4 Å². The van der Waals surface area contributed by atoms with E-state index < -0.39 is 13.7 Å². The number of nitrogens with one attached hydrogen (secondary N) is 1. The summed E-state index contributed by atoms with van der Waals surface area (Å²) >= 11 is 0. The Morgan fingerprint density at radius 1 is 1.22 bits per heavy atom. The van der Waals surface area contributed by atoms with Crippen LogP contribution < -0.4 is 10.1 Å². The molecule has 255 valence electrons. The third-order valence-corrected chi connectivity index (χ3v) is 14.5. The van der Waals surface area contributed by atoms with E-state index in [1.807, 2.05) is 29.1 Å². The van der Waals surface area contributed by atoms with Crippen LogP contribution in [-0.4, -0.2) is 74.9 Å². The Labute approximate surface area is 292 Å². The molecule has 1 saturated carbocycles. The van der Waals surface area contributed by atoms with Gasteiger partial charge in [-0.25, -0.2) is 9.97 Å². The zero-order valence-electron chi connectivity index (χ0n) is 30.0. The number of hydrogen-bond donors (Lipinski definition) is 1. The summed E-state index contributed by atoms with van der Waals surface area (Å²) in [6.45, 7) is 14.3. The van der Waals surface area contributed by atoms with Crippen LogP contribution in [0.4, 0.5) is 17.3 Å². The summed E-state index contributed by atoms with van der Waals surface area (Å²) in [6, 6.07) is 12.0. The van der Waals surface area contributed by atoms with Crippen molar-refractivity contribution < 1.29 is 14.0 Å². The van der Waals surface area contributed by atoms with Crippen LogP contribution in [0.25, 0.3) is 17.3 Å². The molecule has 1 radical (unpaired) electrons. The topological polar surface area (TPSA) is 124 Å². The van der Waals surface area contributed by atoms with Crippen molar-refractivity contribution in [2.24, 2.45) is 5.92 Å². The SMILES string of the molecule is CN(C)C(=O)/C=C/c1ccc(Nc2nccc(-c3cc(C#N)c4c(c3)[C@@](C)(CO[Si](C)(C)C(C)(C)C)CN4[B]C=O)n2)c(CCC2CC2)n1. The number of carbonyl (C=O) groups excluding carboxylic acids is 2. The molecule has 1 fully saturated rings. The number of benzene rings is 1. The summed E-state index contributed by atoms with van der Waals surface area (Å²) in [6.07, 6.45) is 10.1. The molecule has 2 aliphatic rings. The standard InChI is InChI=1S/C37H47BN7O3Si/c1-36(2,3)49(7,8)48-23-37(4)22-45(38-24-46)34-27(21-39)19-26(20-29(34)37)30-17-18-40-35(42-30)43-32-15-12-28(13-16-33(47)44(5)6)41-31(32)14-11-25-9-10-25/h12-13,15-20,24-25H,9-11,14,22-23H2,1-8H3,(H,40,42,43)/b16-13+/t37-/m1/s1. The quantitative estimate of drug-likeness (QED) is 0.123. The Hall–Kier alpha value is -4.34. The number of carbonyl (C=O) groups is 2. The molecule has 3 aromatic rings. The minimum atomic E-state index is -2.08.